The molecule has 0 spiro atoms. The van der Waals surface area contributed by atoms with Gasteiger partial charge in [0.25, 0.3) is 0 Å². The van der Waals surface area contributed by atoms with E-state index in [0.29, 0.717) is 19.4 Å². The number of rotatable bonds is 5. The van der Waals surface area contributed by atoms with Crippen LogP contribution in [0.2, 0.25) is 0 Å². The predicted molar refractivity (Wildman–Crippen MR) is 80.8 cm³/mol. The van der Waals surface area contributed by atoms with Gasteiger partial charge in [-0.15, -0.1) is 0 Å². The molecule has 2 amide bonds. The first kappa shape index (κ1) is 19.4. The highest BCUT2D eigenvalue weighted by Crippen LogP contribution is 2.19. The molecule has 0 radical (unpaired) electrons. The van der Waals surface area contributed by atoms with E-state index in [4.69, 9.17) is 15.0 Å². The minimum Gasteiger partial charge on any atom is -0.458 e. The summed E-state index contributed by atoms with van der Waals surface area (Å²) in [5.74, 6) is -1.09. The van der Waals surface area contributed by atoms with Crippen molar-refractivity contribution in [1.29, 1.82) is 0 Å². The van der Waals surface area contributed by atoms with Gasteiger partial charge in [0, 0.05) is 11.5 Å². The molecule has 0 saturated carbocycles. The Morgan fingerprint density at radius 2 is 2.04 bits per heavy atom. The number of carbonyl (C=O) groups is 3. The molecule has 0 aromatic heterocycles. The Bertz CT molecular complexity index is 564. The monoisotopic (exact) mass is 340 g/mol. The fraction of sp³-hybridized carbons (Fsp3) is 0.769. The predicted octanol–water partition coefficient (Wildman–Crippen LogP) is 2.18. The maximum absolute atomic E-state index is 12.1. The summed E-state index contributed by atoms with van der Waals surface area (Å²) in [4.78, 5) is 39.1. The van der Waals surface area contributed by atoms with E-state index in [1.165, 1.54) is 4.90 Å². The number of nitrogens with zero attached hydrogens (tertiary/aromatic N) is 6. The van der Waals surface area contributed by atoms with Crippen LogP contribution in [0.15, 0.2) is 15.3 Å². The van der Waals surface area contributed by atoms with Crippen LogP contribution in [0.3, 0.4) is 0 Å². The summed E-state index contributed by atoms with van der Waals surface area (Å²) in [6, 6.07) is -0.747. The van der Waals surface area contributed by atoms with Crippen LogP contribution in [0.25, 0.3) is 10.4 Å². The van der Waals surface area contributed by atoms with Crippen molar-refractivity contribution in [2.24, 2.45) is 15.3 Å². The van der Waals surface area contributed by atoms with Crippen molar-refractivity contribution in [1.82, 2.24) is 4.90 Å². The molecule has 0 aromatic carbocycles. The summed E-state index contributed by atoms with van der Waals surface area (Å²) in [5.41, 5.74) is 7.44. The fourth-order valence-corrected chi connectivity index (χ4v) is 2.05. The van der Waals surface area contributed by atoms with Gasteiger partial charge >= 0.3 is 12.1 Å². The second-order valence-corrected chi connectivity index (χ2v) is 5.95. The Hall–Kier alpha value is -2.68. The third-order valence-corrected chi connectivity index (χ3v) is 2.92. The van der Waals surface area contributed by atoms with Crippen molar-refractivity contribution in [3.05, 3.63) is 10.4 Å². The van der Waals surface area contributed by atoms with E-state index in [2.05, 4.69) is 20.3 Å². The quantitative estimate of drug-likeness (QED) is 0.325. The highest BCUT2D eigenvalue weighted by Gasteiger charge is 2.34. The number of likely N-dealkylation sites (tertiary alicyclic amines) is 1. The van der Waals surface area contributed by atoms with Gasteiger partial charge < -0.3 is 14.4 Å². The van der Waals surface area contributed by atoms with Crippen LogP contribution in [0.5, 0.6) is 0 Å². The Balaban J connectivity index is 2.52. The molecule has 0 N–H and O–H groups in total. The molecule has 1 aliphatic rings. The zero-order chi connectivity index (χ0) is 18.2. The number of azo groups is 1. The number of amides is 2. The molecule has 1 saturated heterocycles. The standard InChI is InChI=1S/C13H20N6O5/c1-13(2,3)24-12(22)17-15-7-10(20)19-6-4-5-9(19)11(21)23-8-16-18-14/h9H,4-8H2,1-3H3/t9-/m0/s1. The topological polar surface area (TPSA) is 146 Å². The molecule has 24 heavy (non-hydrogen) atoms. The second kappa shape index (κ2) is 8.82. The molecule has 0 aliphatic carbocycles. The summed E-state index contributed by atoms with van der Waals surface area (Å²) in [6.07, 6.45) is 0.197. The number of esters is 1. The van der Waals surface area contributed by atoms with Crippen molar-refractivity contribution < 1.29 is 23.9 Å². The molecule has 0 unspecified atom stereocenters. The zero-order valence-electron chi connectivity index (χ0n) is 13.8. The van der Waals surface area contributed by atoms with Crippen LogP contribution in [-0.4, -0.2) is 54.3 Å². The number of carbonyl (C=O) groups excluding carboxylic acids is 3. The minimum absolute atomic E-state index is 0.376. The normalized spacial score (nSPS) is 17.5. The van der Waals surface area contributed by atoms with Crippen LogP contribution in [-0.2, 0) is 19.1 Å². The molecule has 132 valence electrons. The van der Waals surface area contributed by atoms with Gasteiger partial charge in [-0.2, -0.15) is 5.11 Å². The van der Waals surface area contributed by atoms with Crippen molar-refractivity contribution in [3.8, 4) is 0 Å². The molecule has 11 nitrogen and oxygen atoms in total. The lowest BCUT2D eigenvalue weighted by Gasteiger charge is -2.22. The second-order valence-electron chi connectivity index (χ2n) is 5.95. The third-order valence-electron chi connectivity index (χ3n) is 2.92. The molecule has 1 aliphatic heterocycles. The summed E-state index contributed by atoms with van der Waals surface area (Å²) >= 11 is 0. The van der Waals surface area contributed by atoms with Gasteiger partial charge in [-0.1, -0.05) is 10.2 Å². The average molecular weight is 340 g/mol. The third kappa shape index (κ3) is 6.61. The van der Waals surface area contributed by atoms with E-state index in [1.807, 2.05) is 0 Å². The number of hydrogen-bond acceptors (Lipinski definition) is 7. The number of hydrogen-bond donors (Lipinski definition) is 0. The summed E-state index contributed by atoms with van der Waals surface area (Å²) < 4.78 is 9.68. The lowest BCUT2D eigenvalue weighted by Crippen LogP contribution is -2.42. The largest absolute Gasteiger partial charge is 0.458 e. The van der Waals surface area contributed by atoms with Gasteiger partial charge in [-0.05, 0) is 39.1 Å². The highest BCUT2D eigenvalue weighted by molar-refractivity contribution is 5.86. The number of ether oxygens (including phenoxy) is 2. The molecule has 1 atom stereocenters. The minimum atomic E-state index is -0.887. The van der Waals surface area contributed by atoms with Crippen LogP contribution in [0.1, 0.15) is 33.6 Å². The lowest BCUT2D eigenvalue weighted by molar-refractivity contribution is -0.152. The summed E-state index contributed by atoms with van der Waals surface area (Å²) in [6.45, 7) is 4.63. The first-order valence-electron chi connectivity index (χ1n) is 7.32. The molecule has 11 heteroatoms. The smallest absolute Gasteiger partial charge is 0.452 e. The maximum atomic E-state index is 12.1. The van der Waals surface area contributed by atoms with Crippen molar-refractivity contribution in [2.75, 3.05) is 19.8 Å². The Labute approximate surface area is 138 Å². The maximum Gasteiger partial charge on any atom is 0.452 e. The molecule has 1 rings (SSSR count). The molecule has 1 heterocycles. The van der Waals surface area contributed by atoms with Gasteiger partial charge in [0.15, 0.2) is 6.73 Å². The first-order chi connectivity index (χ1) is 11.2. The lowest BCUT2D eigenvalue weighted by atomic mass is 10.2. The van der Waals surface area contributed by atoms with E-state index in [1.54, 1.807) is 20.8 Å². The highest BCUT2D eigenvalue weighted by atomic mass is 16.6. The molecule has 0 bridgehead atoms. The van der Waals surface area contributed by atoms with E-state index >= 15 is 0 Å². The molecule has 1 fully saturated rings. The summed E-state index contributed by atoms with van der Waals surface area (Å²) in [5, 5.41) is 9.91. The van der Waals surface area contributed by atoms with E-state index in [-0.39, 0.29) is 6.54 Å². The van der Waals surface area contributed by atoms with Crippen LogP contribution < -0.4 is 0 Å². The van der Waals surface area contributed by atoms with Crippen LogP contribution in [0, 0.1) is 0 Å². The SMILES string of the molecule is CC(C)(C)OC(=O)N=NCC(=O)N1CCC[C@H]1C(=O)OCN=[N+]=[N-]. The van der Waals surface area contributed by atoms with Gasteiger partial charge in [-0.25, -0.2) is 9.59 Å². The summed E-state index contributed by atoms with van der Waals surface area (Å²) in [7, 11) is 0. The van der Waals surface area contributed by atoms with Crippen LogP contribution >= 0.6 is 0 Å². The average Bonchev–Trinajstić information content (AvgIpc) is 2.94. The van der Waals surface area contributed by atoms with Gasteiger partial charge in [0.2, 0.25) is 5.91 Å². The van der Waals surface area contributed by atoms with Gasteiger partial charge in [0.1, 0.15) is 18.2 Å². The Morgan fingerprint density at radius 3 is 2.67 bits per heavy atom. The van der Waals surface area contributed by atoms with Crippen molar-refractivity contribution >= 4 is 18.0 Å². The molecular formula is C13H20N6O5. The van der Waals surface area contributed by atoms with E-state index < -0.39 is 36.3 Å². The van der Waals surface area contributed by atoms with E-state index in [9.17, 15) is 14.4 Å². The van der Waals surface area contributed by atoms with E-state index in [0.717, 1.165) is 0 Å². The van der Waals surface area contributed by atoms with Gasteiger partial charge in [0.05, 0.1) is 0 Å². The van der Waals surface area contributed by atoms with Crippen molar-refractivity contribution in [2.45, 2.75) is 45.3 Å². The fourth-order valence-electron chi connectivity index (χ4n) is 2.05. The zero-order valence-corrected chi connectivity index (χ0v) is 13.8. The Morgan fingerprint density at radius 1 is 1.33 bits per heavy atom. The van der Waals surface area contributed by atoms with Crippen molar-refractivity contribution in [3.63, 3.8) is 0 Å². The first-order valence-corrected chi connectivity index (χ1v) is 7.32. The van der Waals surface area contributed by atoms with Crippen LogP contribution in [0.4, 0.5) is 4.79 Å². The number of azide groups is 1. The molecule has 0 aromatic rings. The van der Waals surface area contributed by atoms with Gasteiger partial charge in [-0.3, -0.25) is 4.79 Å². The molecular weight excluding hydrogens is 320 g/mol. The Kier molecular flexibility index (Phi) is 7.12.